The molecule has 0 saturated carbocycles. The van der Waals surface area contributed by atoms with Crippen LogP contribution in [-0.4, -0.2) is 41.6 Å². The number of unbranched alkanes of at least 4 members (excludes halogenated alkanes) is 2. The molecule has 0 atom stereocenters. The van der Waals surface area contributed by atoms with Crippen LogP contribution in [0.1, 0.15) is 46.5 Å². The maximum absolute atomic E-state index is 12.5. The van der Waals surface area contributed by atoms with E-state index in [0.29, 0.717) is 25.1 Å². The van der Waals surface area contributed by atoms with Gasteiger partial charge in [-0.25, -0.2) is 10.3 Å². The van der Waals surface area contributed by atoms with E-state index < -0.39 is 17.8 Å². The number of aromatic nitrogens is 1. The van der Waals surface area contributed by atoms with Gasteiger partial charge in [0.15, 0.2) is 0 Å². The molecule has 2 rings (SSSR count). The van der Waals surface area contributed by atoms with Crippen LogP contribution in [0.5, 0.6) is 0 Å². The van der Waals surface area contributed by atoms with Gasteiger partial charge in [0, 0.05) is 18.7 Å². The molecule has 2 aromatic rings. The highest BCUT2D eigenvalue weighted by atomic mass is 16.5. The zero-order valence-corrected chi connectivity index (χ0v) is 15.1. The summed E-state index contributed by atoms with van der Waals surface area (Å²) in [5, 5.41) is 11.2. The first-order chi connectivity index (χ1) is 13.1. The van der Waals surface area contributed by atoms with Gasteiger partial charge in [0.1, 0.15) is 5.69 Å². The number of nitrogens with one attached hydrogen (secondary N) is 3. The number of hydrogen-bond acceptors (Lipinski definition) is 5. The Bertz CT molecular complexity index is 786. The molecule has 0 aliphatic heterocycles. The molecule has 4 N–H and O–H groups in total. The van der Waals surface area contributed by atoms with Crippen molar-refractivity contribution in [3.63, 3.8) is 0 Å². The monoisotopic (exact) mass is 373 g/mol. The summed E-state index contributed by atoms with van der Waals surface area (Å²) in [7, 11) is 1.27. The molecule has 1 aromatic heterocycles. The van der Waals surface area contributed by atoms with Gasteiger partial charge in [-0.05, 0) is 24.5 Å². The maximum atomic E-state index is 12.5. The van der Waals surface area contributed by atoms with Crippen molar-refractivity contribution in [2.45, 2.75) is 25.7 Å². The molecule has 0 spiro atoms. The minimum absolute atomic E-state index is 0.153. The molecule has 0 radical (unpaired) electrons. The van der Waals surface area contributed by atoms with Crippen LogP contribution >= 0.6 is 0 Å². The third kappa shape index (κ3) is 5.68. The van der Waals surface area contributed by atoms with Gasteiger partial charge in [0.25, 0.3) is 5.91 Å². The lowest BCUT2D eigenvalue weighted by molar-refractivity contribution is -0.129. The SMILES string of the molecule is COC(=O)c1cc(-c2ccccc2)[nH]c1C(=O)NCCCCCC(=O)NO. The van der Waals surface area contributed by atoms with Crippen LogP contribution in [0.25, 0.3) is 11.3 Å². The number of carbonyl (C=O) groups is 3. The van der Waals surface area contributed by atoms with Gasteiger partial charge in [0.2, 0.25) is 5.91 Å². The van der Waals surface area contributed by atoms with E-state index in [2.05, 4.69) is 10.3 Å². The summed E-state index contributed by atoms with van der Waals surface area (Å²) in [5.74, 6) is -1.42. The summed E-state index contributed by atoms with van der Waals surface area (Å²) in [5.41, 5.74) is 3.40. The number of methoxy groups -OCH3 is 1. The Morgan fingerprint density at radius 1 is 1.11 bits per heavy atom. The van der Waals surface area contributed by atoms with Gasteiger partial charge < -0.3 is 15.0 Å². The minimum atomic E-state index is -0.589. The number of H-pyrrole nitrogens is 1. The van der Waals surface area contributed by atoms with Crippen LogP contribution in [0.2, 0.25) is 0 Å². The predicted octanol–water partition coefficient (Wildman–Crippen LogP) is 2.26. The number of aromatic amines is 1. The summed E-state index contributed by atoms with van der Waals surface area (Å²) in [6, 6.07) is 11.0. The van der Waals surface area contributed by atoms with E-state index in [1.807, 2.05) is 30.3 Å². The number of amides is 2. The van der Waals surface area contributed by atoms with Crippen LogP contribution < -0.4 is 10.8 Å². The first-order valence-electron chi connectivity index (χ1n) is 8.64. The third-order valence-electron chi connectivity index (χ3n) is 4.03. The lowest BCUT2D eigenvalue weighted by Gasteiger charge is -2.06. The highest BCUT2D eigenvalue weighted by Crippen LogP contribution is 2.22. The van der Waals surface area contributed by atoms with E-state index in [1.165, 1.54) is 7.11 Å². The number of benzene rings is 1. The van der Waals surface area contributed by atoms with Gasteiger partial charge in [0.05, 0.1) is 12.7 Å². The van der Waals surface area contributed by atoms with Crippen LogP contribution in [0.15, 0.2) is 36.4 Å². The van der Waals surface area contributed by atoms with Crippen LogP contribution in [0, 0.1) is 0 Å². The van der Waals surface area contributed by atoms with Crippen molar-refractivity contribution in [3.05, 3.63) is 47.7 Å². The lowest BCUT2D eigenvalue weighted by Crippen LogP contribution is -2.26. The first kappa shape index (κ1) is 20.2. The van der Waals surface area contributed by atoms with Crippen molar-refractivity contribution >= 4 is 17.8 Å². The van der Waals surface area contributed by atoms with Gasteiger partial charge in [-0.2, -0.15) is 0 Å². The molecule has 0 saturated heterocycles. The number of esters is 1. The number of hydroxylamine groups is 1. The molecule has 1 heterocycles. The third-order valence-corrected chi connectivity index (χ3v) is 4.03. The van der Waals surface area contributed by atoms with Crippen molar-refractivity contribution in [1.82, 2.24) is 15.8 Å². The topological polar surface area (TPSA) is 121 Å². The van der Waals surface area contributed by atoms with Crippen LogP contribution in [0.3, 0.4) is 0 Å². The Hall–Kier alpha value is -3.13. The summed E-state index contributed by atoms with van der Waals surface area (Å²) >= 11 is 0. The molecule has 144 valence electrons. The van der Waals surface area contributed by atoms with Crippen molar-refractivity contribution < 1.29 is 24.3 Å². The Labute approximate surface area is 156 Å². The van der Waals surface area contributed by atoms with Crippen LogP contribution in [0.4, 0.5) is 0 Å². The molecule has 8 nitrogen and oxygen atoms in total. The highest BCUT2D eigenvalue weighted by molar-refractivity contribution is 6.05. The molecule has 27 heavy (non-hydrogen) atoms. The summed E-state index contributed by atoms with van der Waals surface area (Å²) in [4.78, 5) is 38.4. The summed E-state index contributed by atoms with van der Waals surface area (Å²) in [6.45, 7) is 0.403. The van der Waals surface area contributed by atoms with Gasteiger partial charge in [-0.3, -0.25) is 14.8 Å². The molecular formula is C19H23N3O5. The smallest absolute Gasteiger partial charge is 0.340 e. The van der Waals surface area contributed by atoms with Gasteiger partial charge >= 0.3 is 5.97 Å². The van der Waals surface area contributed by atoms with Crippen molar-refractivity contribution in [2.24, 2.45) is 0 Å². The zero-order valence-electron chi connectivity index (χ0n) is 15.1. The molecule has 2 amide bonds. The Morgan fingerprint density at radius 2 is 1.85 bits per heavy atom. The van der Waals surface area contributed by atoms with Crippen LogP contribution in [-0.2, 0) is 9.53 Å². The van der Waals surface area contributed by atoms with E-state index in [-0.39, 0.29) is 17.7 Å². The van der Waals surface area contributed by atoms with Crippen molar-refractivity contribution in [2.75, 3.05) is 13.7 Å². The quantitative estimate of drug-likeness (QED) is 0.233. The molecular weight excluding hydrogens is 350 g/mol. The van der Waals surface area contributed by atoms with Crippen molar-refractivity contribution in [1.29, 1.82) is 0 Å². The minimum Gasteiger partial charge on any atom is -0.465 e. The fourth-order valence-electron chi connectivity index (χ4n) is 2.61. The van der Waals surface area contributed by atoms with E-state index in [4.69, 9.17) is 9.94 Å². The fourth-order valence-corrected chi connectivity index (χ4v) is 2.61. The maximum Gasteiger partial charge on any atom is 0.340 e. The normalized spacial score (nSPS) is 10.3. The van der Waals surface area contributed by atoms with E-state index in [1.54, 1.807) is 11.5 Å². The number of ether oxygens (including phenoxy) is 1. The second-order valence-corrected chi connectivity index (χ2v) is 5.93. The second-order valence-electron chi connectivity index (χ2n) is 5.93. The molecule has 0 aliphatic carbocycles. The molecule has 8 heteroatoms. The highest BCUT2D eigenvalue weighted by Gasteiger charge is 2.21. The van der Waals surface area contributed by atoms with Gasteiger partial charge in [-0.15, -0.1) is 0 Å². The summed E-state index contributed by atoms with van der Waals surface area (Å²) < 4.78 is 4.77. The van der Waals surface area contributed by atoms with E-state index in [9.17, 15) is 14.4 Å². The number of hydrogen-bond donors (Lipinski definition) is 4. The molecule has 0 unspecified atom stereocenters. The molecule has 1 aromatic carbocycles. The molecule has 0 aliphatic rings. The molecule has 0 bridgehead atoms. The van der Waals surface area contributed by atoms with E-state index >= 15 is 0 Å². The van der Waals surface area contributed by atoms with E-state index in [0.717, 1.165) is 12.0 Å². The summed E-state index contributed by atoms with van der Waals surface area (Å²) in [6.07, 6.45) is 2.23. The Balaban J connectivity index is 1.99. The Kier molecular flexibility index (Phi) is 7.57. The van der Waals surface area contributed by atoms with Crippen molar-refractivity contribution in [3.8, 4) is 11.3 Å². The molecule has 0 fully saturated rings. The lowest BCUT2D eigenvalue weighted by atomic mass is 10.1. The average Bonchev–Trinajstić information content (AvgIpc) is 3.15. The zero-order chi connectivity index (χ0) is 19.6. The fraction of sp³-hybridized carbons (Fsp3) is 0.316. The predicted molar refractivity (Wildman–Crippen MR) is 98.3 cm³/mol. The second kappa shape index (κ2) is 10.1. The number of rotatable bonds is 9. The number of carbonyl (C=O) groups excluding carboxylic acids is 3. The standard InChI is InChI=1S/C19H23N3O5/c1-27-19(25)14-12-15(13-8-4-2-5-9-13)21-17(14)18(24)20-11-7-3-6-10-16(23)22-26/h2,4-5,8-9,12,21,26H,3,6-7,10-11H2,1H3,(H,20,24)(H,22,23). The van der Waals surface area contributed by atoms with Gasteiger partial charge in [-0.1, -0.05) is 36.8 Å². The largest absolute Gasteiger partial charge is 0.465 e. The Morgan fingerprint density at radius 3 is 2.52 bits per heavy atom. The average molecular weight is 373 g/mol. The first-order valence-corrected chi connectivity index (χ1v) is 8.64.